The molecular weight excluding hydrogens is 313 g/mol. The van der Waals surface area contributed by atoms with Gasteiger partial charge in [0.2, 0.25) is 0 Å². The normalized spacial score (nSPS) is 10.3. The molecule has 0 aliphatic rings. The topological polar surface area (TPSA) is 45.6 Å². The average Bonchev–Trinajstić information content (AvgIpc) is 2.55. The Hall–Kier alpha value is -2.73. The molecule has 2 rings (SSSR count). The third kappa shape index (κ3) is 5.88. The van der Waals surface area contributed by atoms with Gasteiger partial charge in [-0.15, -0.1) is 0 Å². The van der Waals surface area contributed by atoms with E-state index in [1.807, 2.05) is 24.3 Å². The Morgan fingerprint density at radius 3 is 2.78 bits per heavy atom. The Bertz CT molecular complexity index is 701. The van der Waals surface area contributed by atoms with Crippen LogP contribution < -0.4 is 15.5 Å². The molecule has 0 unspecified atom stereocenters. The highest BCUT2D eigenvalue weighted by molar-refractivity contribution is 7.80. The monoisotopic (exact) mass is 329 g/mol. The predicted octanol–water partition coefficient (Wildman–Crippen LogP) is 3.71. The number of hydrogen-bond donors (Lipinski definition) is 2. The van der Waals surface area contributed by atoms with Crippen LogP contribution in [0.4, 0.5) is 10.1 Å². The van der Waals surface area contributed by atoms with E-state index in [-0.39, 0.29) is 5.82 Å². The van der Waals surface area contributed by atoms with Gasteiger partial charge in [-0.1, -0.05) is 24.8 Å². The number of anilines is 1. The van der Waals surface area contributed by atoms with Gasteiger partial charge in [-0.3, -0.25) is 5.43 Å². The highest BCUT2D eigenvalue weighted by Crippen LogP contribution is 2.12. The molecular formula is C17H16FN3OS. The van der Waals surface area contributed by atoms with E-state index in [1.165, 1.54) is 12.1 Å². The lowest BCUT2D eigenvalue weighted by Gasteiger charge is -2.06. The van der Waals surface area contributed by atoms with Crippen molar-refractivity contribution in [2.75, 3.05) is 11.9 Å². The van der Waals surface area contributed by atoms with Gasteiger partial charge >= 0.3 is 0 Å². The molecule has 6 heteroatoms. The molecule has 118 valence electrons. The SMILES string of the molecule is C=CCOc1cccc(/C=N\NC(=S)Nc2ccc(F)cc2)c1. The molecule has 2 aromatic rings. The van der Waals surface area contributed by atoms with E-state index in [0.29, 0.717) is 17.4 Å². The van der Waals surface area contributed by atoms with Crippen LogP contribution in [0.15, 0.2) is 66.3 Å². The molecule has 0 amide bonds. The van der Waals surface area contributed by atoms with Gasteiger partial charge in [-0.2, -0.15) is 5.10 Å². The van der Waals surface area contributed by atoms with Gasteiger partial charge in [0.25, 0.3) is 0 Å². The summed E-state index contributed by atoms with van der Waals surface area (Å²) in [5.41, 5.74) is 4.24. The smallest absolute Gasteiger partial charge is 0.191 e. The van der Waals surface area contributed by atoms with E-state index in [2.05, 4.69) is 22.4 Å². The Balaban J connectivity index is 1.86. The first-order valence-electron chi connectivity index (χ1n) is 6.87. The molecule has 2 N–H and O–H groups in total. The predicted molar refractivity (Wildman–Crippen MR) is 95.5 cm³/mol. The van der Waals surface area contributed by atoms with Crippen molar-refractivity contribution in [3.8, 4) is 5.75 Å². The fraction of sp³-hybridized carbons (Fsp3) is 0.0588. The summed E-state index contributed by atoms with van der Waals surface area (Å²) in [7, 11) is 0. The molecule has 0 fully saturated rings. The van der Waals surface area contributed by atoms with E-state index in [9.17, 15) is 4.39 Å². The number of thiocarbonyl (C=S) groups is 1. The second-order valence-corrected chi connectivity index (χ2v) is 4.91. The number of ether oxygens (including phenoxy) is 1. The van der Waals surface area contributed by atoms with Crippen molar-refractivity contribution < 1.29 is 9.13 Å². The molecule has 0 saturated carbocycles. The highest BCUT2D eigenvalue weighted by Gasteiger charge is 1.97. The maximum Gasteiger partial charge on any atom is 0.191 e. The van der Waals surface area contributed by atoms with Gasteiger partial charge in [-0.05, 0) is 54.2 Å². The molecule has 4 nitrogen and oxygen atoms in total. The largest absolute Gasteiger partial charge is 0.490 e. The highest BCUT2D eigenvalue weighted by atomic mass is 32.1. The second-order valence-electron chi connectivity index (χ2n) is 4.50. The third-order valence-corrected chi connectivity index (χ3v) is 2.90. The summed E-state index contributed by atoms with van der Waals surface area (Å²) in [5.74, 6) is 0.437. The van der Waals surface area contributed by atoms with Crippen LogP contribution in [0.3, 0.4) is 0 Å². The van der Waals surface area contributed by atoms with Gasteiger partial charge in [-0.25, -0.2) is 4.39 Å². The minimum atomic E-state index is -0.300. The Morgan fingerprint density at radius 2 is 2.04 bits per heavy atom. The van der Waals surface area contributed by atoms with E-state index < -0.39 is 0 Å². The Kier molecular flexibility index (Phi) is 6.26. The minimum absolute atomic E-state index is 0.300. The van der Waals surface area contributed by atoms with Crippen LogP contribution in [0, 0.1) is 5.82 Å². The number of hydrazone groups is 1. The lowest BCUT2D eigenvalue weighted by Crippen LogP contribution is -2.23. The molecule has 0 saturated heterocycles. The zero-order valence-corrected chi connectivity index (χ0v) is 13.1. The van der Waals surface area contributed by atoms with Crippen molar-refractivity contribution in [1.82, 2.24) is 5.43 Å². The van der Waals surface area contributed by atoms with Crippen molar-refractivity contribution in [2.24, 2.45) is 5.10 Å². The quantitative estimate of drug-likeness (QED) is 0.367. The molecule has 0 radical (unpaired) electrons. The molecule has 2 aromatic carbocycles. The van der Waals surface area contributed by atoms with Gasteiger partial charge in [0.1, 0.15) is 18.2 Å². The van der Waals surface area contributed by atoms with Crippen LogP contribution in [0.25, 0.3) is 0 Å². The number of halogens is 1. The van der Waals surface area contributed by atoms with Crippen molar-refractivity contribution >= 4 is 29.2 Å². The Labute approximate surface area is 139 Å². The van der Waals surface area contributed by atoms with E-state index in [4.69, 9.17) is 17.0 Å². The van der Waals surface area contributed by atoms with Crippen molar-refractivity contribution in [1.29, 1.82) is 0 Å². The van der Waals surface area contributed by atoms with E-state index in [1.54, 1.807) is 24.4 Å². The first kappa shape index (κ1) is 16.6. The molecule has 0 atom stereocenters. The zero-order chi connectivity index (χ0) is 16.5. The zero-order valence-electron chi connectivity index (χ0n) is 12.3. The summed E-state index contributed by atoms with van der Waals surface area (Å²) in [6.45, 7) is 4.05. The first-order chi connectivity index (χ1) is 11.2. The lowest BCUT2D eigenvalue weighted by atomic mass is 10.2. The number of rotatable bonds is 6. The lowest BCUT2D eigenvalue weighted by molar-refractivity contribution is 0.363. The van der Waals surface area contributed by atoms with Gasteiger partial charge in [0.15, 0.2) is 5.11 Å². The van der Waals surface area contributed by atoms with Crippen LogP contribution in [-0.4, -0.2) is 17.9 Å². The molecule has 0 aliphatic heterocycles. The first-order valence-corrected chi connectivity index (χ1v) is 7.27. The van der Waals surface area contributed by atoms with Gasteiger partial charge < -0.3 is 10.1 Å². The number of nitrogens with one attached hydrogen (secondary N) is 2. The van der Waals surface area contributed by atoms with E-state index in [0.717, 1.165) is 11.3 Å². The van der Waals surface area contributed by atoms with Gasteiger partial charge in [0.05, 0.1) is 6.21 Å². The summed E-state index contributed by atoms with van der Waals surface area (Å²) < 4.78 is 18.3. The molecule has 0 bridgehead atoms. The summed E-state index contributed by atoms with van der Waals surface area (Å²) >= 11 is 5.10. The molecule has 0 heterocycles. The second kappa shape index (κ2) is 8.65. The summed E-state index contributed by atoms with van der Waals surface area (Å²) in [4.78, 5) is 0. The number of benzene rings is 2. The average molecular weight is 329 g/mol. The molecule has 23 heavy (non-hydrogen) atoms. The summed E-state index contributed by atoms with van der Waals surface area (Å²) in [6, 6.07) is 13.4. The van der Waals surface area contributed by atoms with Crippen molar-refractivity contribution in [3.63, 3.8) is 0 Å². The van der Waals surface area contributed by atoms with E-state index >= 15 is 0 Å². The fourth-order valence-electron chi connectivity index (χ4n) is 1.70. The minimum Gasteiger partial charge on any atom is -0.490 e. The standard InChI is InChI=1S/C17H16FN3OS/c1-2-10-22-16-5-3-4-13(11-16)12-19-21-17(23)20-15-8-6-14(18)7-9-15/h2-9,11-12H,1,10H2,(H2,20,21,23)/b19-12-. The maximum atomic E-state index is 12.8. The van der Waals surface area contributed by atoms with Crippen molar-refractivity contribution in [3.05, 3.63) is 72.6 Å². The summed E-state index contributed by atoms with van der Waals surface area (Å²) in [6.07, 6.45) is 3.31. The van der Waals surface area contributed by atoms with Crippen LogP contribution in [-0.2, 0) is 0 Å². The molecule has 0 aromatic heterocycles. The van der Waals surface area contributed by atoms with Crippen LogP contribution >= 0.6 is 12.2 Å². The molecule has 0 aliphatic carbocycles. The third-order valence-electron chi connectivity index (χ3n) is 2.71. The number of hydrogen-bond acceptors (Lipinski definition) is 3. The fourth-order valence-corrected chi connectivity index (χ4v) is 1.87. The van der Waals surface area contributed by atoms with Gasteiger partial charge in [0, 0.05) is 5.69 Å². The maximum absolute atomic E-state index is 12.8. The van der Waals surface area contributed by atoms with Crippen LogP contribution in [0.1, 0.15) is 5.56 Å². The molecule has 0 spiro atoms. The van der Waals surface area contributed by atoms with Crippen LogP contribution in [0.5, 0.6) is 5.75 Å². The Morgan fingerprint density at radius 1 is 1.26 bits per heavy atom. The number of nitrogens with zero attached hydrogens (tertiary/aromatic N) is 1. The van der Waals surface area contributed by atoms with Crippen LogP contribution in [0.2, 0.25) is 0 Å². The van der Waals surface area contributed by atoms with Crippen molar-refractivity contribution in [2.45, 2.75) is 0 Å². The summed E-state index contributed by atoms with van der Waals surface area (Å²) in [5, 5.41) is 7.26.